The number of hydrogen-bond donors (Lipinski definition) is 0. The summed E-state index contributed by atoms with van der Waals surface area (Å²) in [5.74, 6) is -0.234. The molecule has 0 N–H and O–H groups in total. The molecule has 2 heterocycles. The van der Waals surface area contributed by atoms with Crippen LogP contribution in [0.3, 0.4) is 0 Å². The van der Waals surface area contributed by atoms with Crippen molar-refractivity contribution in [2.75, 3.05) is 4.90 Å². The van der Waals surface area contributed by atoms with Gasteiger partial charge in [-0.2, -0.15) is 0 Å². The molecule has 40 heavy (non-hydrogen) atoms. The van der Waals surface area contributed by atoms with Crippen LogP contribution in [0.5, 0.6) is 0 Å². The first-order valence-corrected chi connectivity index (χ1v) is 14.0. The van der Waals surface area contributed by atoms with Crippen LogP contribution in [0.15, 0.2) is 148 Å². The zero-order valence-corrected chi connectivity index (χ0v) is 22.2. The van der Waals surface area contributed by atoms with Gasteiger partial charge in [0.15, 0.2) is 0 Å². The molecule has 0 unspecified atom stereocenters. The van der Waals surface area contributed by atoms with Gasteiger partial charge in [-0.1, -0.05) is 84.6 Å². The van der Waals surface area contributed by atoms with E-state index in [1.165, 1.54) is 11.6 Å². The monoisotopic (exact) mass is 535 g/mol. The van der Waals surface area contributed by atoms with E-state index in [1.54, 1.807) is 17.8 Å². The van der Waals surface area contributed by atoms with Gasteiger partial charge in [0, 0.05) is 26.3 Å². The Labute approximate surface area is 235 Å². The molecule has 1 aromatic heterocycles. The van der Waals surface area contributed by atoms with Crippen molar-refractivity contribution in [3.05, 3.63) is 139 Å². The number of rotatable bonds is 3. The highest BCUT2D eigenvalue weighted by Gasteiger charge is 2.26. The Morgan fingerprint density at radius 1 is 0.500 bits per heavy atom. The second kappa shape index (κ2) is 9.15. The van der Waals surface area contributed by atoms with Gasteiger partial charge in [0.1, 0.15) is 17.0 Å². The number of para-hydroxylation sites is 1. The van der Waals surface area contributed by atoms with E-state index < -0.39 is 0 Å². The van der Waals surface area contributed by atoms with Crippen molar-refractivity contribution in [2.24, 2.45) is 0 Å². The average molecular weight is 536 g/mol. The number of fused-ring (bicyclic) bond motifs is 5. The molecule has 6 aromatic carbocycles. The van der Waals surface area contributed by atoms with Crippen LogP contribution in [0.2, 0.25) is 0 Å². The van der Waals surface area contributed by atoms with E-state index in [0.29, 0.717) is 0 Å². The van der Waals surface area contributed by atoms with E-state index in [4.69, 9.17) is 4.42 Å². The summed E-state index contributed by atoms with van der Waals surface area (Å²) in [5, 5.41) is 2.22. The van der Waals surface area contributed by atoms with Crippen LogP contribution in [0.25, 0.3) is 44.2 Å². The summed E-state index contributed by atoms with van der Waals surface area (Å²) < 4.78 is 20.4. The normalized spacial score (nSPS) is 12.5. The smallest absolute Gasteiger partial charge is 0.135 e. The molecule has 0 saturated heterocycles. The van der Waals surface area contributed by atoms with Gasteiger partial charge in [0.2, 0.25) is 0 Å². The highest BCUT2D eigenvalue weighted by atomic mass is 32.2. The molecule has 8 rings (SSSR count). The maximum Gasteiger partial charge on any atom is 0.135 e. The summed E-state index contributed by atoms with van der Waals surface area (Å²) in [7, 11) is 0. The lowest BCUT2D eigenvalue weighted by atomic mass is 10.0. The predicted molar refractivity (Wildman–Crippen MR) is 163 cm³/mol. The third-order valence-corrected chi connectivity index (χ3v) is 8.62. The van der Waals surface area contributed by atoms with Crippen molar-refractivity contribution >= 4 is 50.8 Å². The Bertz CT molecular complexity index is 2050. The topological polar surface area (TPSA) is 16.4 Å². The number of anilines is 3. The summed E-state index contributed by atoms with van der Waals surface area (Å²) >= 11 is 1.61. The molecule has 2 nitrogen and oxygen atoms in total. The van der Waals surface area contributed by atoms with Crippen molar-refractivity contribution in [2.45, 2.75) is 9.79 Å². The van der Waals surface area contributed by atoms with Gasteiger partial charge in [-0.15, -0.1) is 0 Å². The summed E-state index contributed by atoms with van der Waals surface area (Å²) in [4.78, 5) is 4.21. The van der Waals surface area contributed by atoms with Gasteiger partial charge in [-0.05, 0) is 82.9 Å². The van der Waals surface area contributed by atoms with Crippen molar-refractivity contribution in [1.29, 1.82) is 0 Å². The lowest BCUT2D eigenvalue weighted by Gasteiger charge is -2.33. The Balaban J connectivity index is 1.24. The molecule has 4 heteroatoms. The van der Waals surface area contributed by atoms with Crippen molar-refractivity contribution in [1.82, 2.24) is 0 Å². The molecule has 0 fully saturated rings. The van der Waals surface area contributed by atoms with Crippen LogP contribution in [0.4, 0.5) is 21.5 Å². The second-order valence-corrected chi connectivity index (χ2v) is 11.0. The second-order valence-electron chi connectivity index (χ2n) is 9.95. The number of hydrogen-bond acceptors (Lipinski definition) is 3. The largest absolute Gasteiger partial charge is 0.456 e. The molecule has 0 aliphatic carbocycles. The quantitative estimate of drug-likeness (QED) is 0.224. The maximum atomic E-state index is 14.4. The fourth-order valence-electron chi connectivity index (χ4n) is 5.58. The molecule has 7 aromatic rings. The van der Waals surface area contributed by atoms with E-state index in [1.807, 2.05) is 36.4 Å². The first-order chi connectivity index (χ1) is 19.7. The zero-order valence-electron chi connectivity index (χ0n) is 21.3. The standard InChI is InChI=1S/C36H22FNOS/c37-27-14-18-32-36(22-27)40-35-21-26(25-13-19-34-30(20-25)29-8-4-5-9-33(29)39-34)12-17-31(35)38(32)28-15-10-24(11-16-28)23-6-2-1-3-7-23/h1-22H. The van der Waals surface area contributed by atoms with Gasteiger partial charge in [-0.3, -0.25) is 0 Å². The molecular formula is C36H22FNOS. The van der Waals surface area contributed by atoms with Gasteiger partial charge >= 0.3 is 0 Å². The third-order valence-electron chi connectivity index (χ3n) is 7.53. The number of nitrogens with zero attached hydrogens (tertiary/aromatic N) is 1. The Kier molecular flexibility index (Phi) is 5.29. The maximum absolute atomic E-state index is 14.4. The molecule has 0 saturated carbocycles. The van der Waals surface area contributed by atoms with Crippen LogP contribution in [0, 0.1) is 5.82 Å². The zero-order chi connectivity index (χ0) is 26.6. The predicted octanol–water partition coefficient (Wildman–Crippen LogP) is 11.0. The van der Waals surface area contributed by atoms with Gasteiger partial charge in [0.05, 0.1) is 11.4 Å². The van der Waals surface area contributed by atoms with Crippen LogP contribution in [0.1, 0.15) is 0 Å². The summed E-state index contributed by atoms with van der Waals surface area (Å²) in [5.41, 5.74) is 9.43. The molecule has 1 aliphatic rings. The minimum Gasteiger partial charge on any atom is -0.456 e. The molecule has 0 amide bonds. The van der Waals surface area contributed by atoms with E-state index in [-0.39, 0.29) is 5.82 Å². The molecular weight excluding hydrogens is 513 g/mol. The molecule has 0 atom stereocenters. The van der Waals surface area contributed by atoms with Crippen molar-refractivity contribution in [3.63, 3.8) is 0 Å². The summed E-state index contributed by atoms with van der Waals surface area (Å²) in [6.45, 7) is 0. The first-order valence-electron chi connectivity index (χ1n) is 13.2. The van der Waals surface area contributed by atoms with Gasteiger partial charge in [0.25, 0.3) is 0 Å². The number of halogens is 1. The molecule has 0 spiro atoms. The fraction of sp³-hybridized carbons (Fsp3) is 0. The van der Waals surface area contributed by atoms with Crippen molar-refractivity contribution in [3.8, 4) is 22.3 Å². The van der Waals surface area contributed by atoms with E-state index >= 15 is 0 Å². The van der Waals surface area contributed by atoms with Crippen molar-refractivity contribution < 1.29 is 8.81 Å². The lowest BCUT2D eigenvalue weighted by Crippen LogP contribution is -2.15. The Morgan fingerprint density at radius 2 is 1.12 bits per heavy atom. The van der Waals surface area contributed by atoms with Crippen LogP contribution in [-0.2, 0) is 0 Å². The molecule has 0 bridgehead atoms. The highest BCUT2D eigenvalue weighted by molar-refractivity contribution is 7.99. The highest BCUT2D eigenvalue weighted by Crippen LogP contribution is 2.52. The Hall–Kier alpha value is -4.80. The fourth-order valence-corrected chi connectivity index (χ4v) is 6.70. The Morgan fingerprint density at radius 3 is 1.98 bits per heavy atom. The molecule has 0 radical (unpaired) electrons. The molecule has 1 aliphatic heterocycles. The first kappa shape index (κ1) is 23.1. The van der Waals surface area contributed by atoms with Gasteiger partial charge in [-0.25, -0.2) is 4.39 Å². The summed E-state index contributed by atoms with van der Waals surface area (Å²) in [6.07, 6.45) is 0. The van der Waals surface area contributed by atoms with E-state index in [2.05, 4.69) is 89.8 Å². The number of benzene rings is 6. The van der Waals surface area contributed by atoms with Gasteiger partial charge < -0.3 is 9.32 Å². The SMILES string of the molecule is Fc1ccc2c(c1)Sc1cc(-c3ccc4oc5ccccc5c4c3)ccc1N2c1ccc(-c2ccccc2)cc1. The van der Waals surface area contributed by atoms with E-state index in [0.717, 1.165) is 65.5 Å². The lowest BCUT2D eigenvalue weighted by molar-refractivity contribution is 0.624. The third kappa shape index (κ3) is 3.80. The molecule has 190 valence electrons. The van der Waals surface area contributed by atoms with E-state index in [9.17, 15) is 4.39 Å². The summed E-state index contributed by atoms with van der Waals surface area (Å²) in [6, 6.07) is 45.0. The average Bonchev–Trinajstić information content (AvgIpc) is 3.38. The van der Waals surface area contributed by atoms with Crippen LogP contribution in [-0.4, -0.2) is 0 Å². The minimum atomic E-state index is -0.234. The van der Waals surface area contributed by atoms with Crippen LogP contribution >= 0.6 is 11.8 Å². The minimum absolute atomic E-state index is 0.234. The van der Waals surface area contributed by atoms with Crippen LogP contribution < -0.4 is 4.90 Å². The number of furan rings is 1.